The lowest BCUT2D eigenvalue weighted by molar-refractivity contribution is -0.0549. The third kappa shape index (κ3) is 3.80. The molecule has 0 bridgehead atoms. The van der Waals surface area contributed by atoms with E-state index in [9.17, 15) is 19.8 Å². The Morgan fingerprint density at radius 1 is 1.16 bits per heavy atom. The summed E-state index contributed by atoms with van der Waals surface area (Å²) in [5, 5.41) is 20.2. The van der Waals surface area contributed by atoms with E-state index in [2.05, 4.69) is 17.0 Å². The van der Waals surface area contributed by atoms with Crippen molar-refractivity contribution in [3.8, 4) is 12.0 Å². The molecule has 1 fully saturated rings. The molecule has 25 heavy (non-hydrogen) atoms. The first-order valence-corrected chi connectivity index (χ1v) is 7.57. The monoisotopic (exact) mass is 344 g/mol. The molecule has 2 heterocycles. The summed E-state index contributed by atoms with van der Waals surface area (Å²) in [4.78, 5) is 24.9. The Balaban J connectivity index is 1.65. The van der Waals surface area contributed by atoms with Gasteiger partial charge in [-0.25, -0.2) is 4.79 Å². The second-order valence-electron chi connectivity index (χ2n) is 5.47. The fourth-order valence-corrected chi connectivity index (χ4v) is 2.46. The van der Waals surface area contributed by atoms with Crippen molar-refractivity contribution in [2.45, 2.75) is 24.5 Å². The molecule has 0 aliphatic carbocycles. The van der Waals surface area contributed by atoms with Gasteiger partial charge in [0.05, 0.1) is 0 Å². The van der Waals surface area contributed by atoms with Crippen molar-refractivity contribution in [3.63, 3.8) is 0 Å². The number of rotatable bonds is 3. The molecule has 1 aliphatic rings. The lowest BCUT2D eigenvalue weighted by Gasteiger charge is -2.16. The van der Waals surface area contributed by atoms with Crippen LogP contribution < -0.4 is 11.2 Å². The Kier molecular flexibility index (Phi) is 5.00. The summed E-state index contributed by atoms with van der Waals surface area (Å²) in [5.74, 6) is 2.79. The van der Waals surface area contributed by atoms with Gasteiger partial charge in [0, 0.05) is 17.8 Å². The number of hydrogen-bond donors (Lipinski definition) is 3. The van der Waals surface area contributed by atoms with E-state index in [0.29, 0.717) is 0 Å². The van der Waals surface area contributed by atoms with E-state index in [4.69, 9.17) is 9.47 Å². The average molecular weight is 344 g/mol. The number of aliphatic hydroxyl groups excluding tert-OH is 2. The average Bonchev–Trinajstić information content (AvgIpc) is 2.88. The molecule has 1 aromatic heterocycles. The third-order valence-corrected chi connectivity index (χ3v) is 3.75. The minimum atomic E-state index is -1.35. The van der Waals surface area contributed by atoms with Gasteiger partial charge in [-0.3, -0.25) is 14.3 Å². The first-order chi connectivity index (χ1) is 12.1. The van der Waals surface area contributed by atoms with Gasteiger partial charge in [0.15, 0.2) is 6.23 Å². The van der Waals surface area contributed by atoms with E-state index >= 15 is 0 Å². The Bertz CT molecular complexity index is 895. The molecule has 0 amide bonds. The van der Waals surface area contributed by atoms with E-state index in [1.165, 1.54) is 6.20 Å². The number of aromatic nitrogens is 2. The zero-order valence-corrected chi connectivity index (χ0v) is 13.0. The molecule has 1 aliphatic heterocycles. The standard InChI is InChI=1S/C17H16N2O6/c20-13-6-8-19(17(23)18-13)16-15(22)14(21)12(25-16)10-24-9-7-11-4-2-1-3-5-11/h1-6,8,12,14-16,21-22H,10H2,(H,18,20,23)/t12-,14-,15-,16-/m1/s1. The number of nitrogens with one attached hydrogen (secondary N) is 1. The van der Waals surface area contributed by atoms with Gasteiger partial charge in [0.2, 0.25) is 0 Å². The molecule has 8 nitrogen and oxygen atoms in total. The van der Waals surface area contributed by atoms with Crippen LogP contribution in [0.3, 0.4) is 0 Å². The maximum atomic E-state index is 11.8. The summed E-state index contributed by atoms with van der Waals surface area (Å²) in [5.41, 5.74) is -0.535. The third-order valence-electron chi connectivity index (χ3n) is 3.75. The SMILES string of the molecule is O=c1ccn([C@@H]2O[C@H](COC#Cc3ccccc3)[C@@H](O)[C@H]2O)c(=O)[nH]1. The molecule has 0 radical (unpaired) electrons. The van der Waals surface area contributed by atoms with Crippen LogP contribution in [0.25, 0.3) is 0 Å². The van der Waals surface area contributed by atoms with Crippen molar-refractivity contribution in [3.05, 3.63) is 69.0 Å². The largest absolute Gasteiger partial charge is 0.443 e. The lowest BCUT2D eigenvalue weighted by atomic mass is 10.1. The summed E-state index contributed by atoms with van der Waals surface area (Å²) < 4.78 is 11.7. The molecule has 2 aromatic rings. The van der Waals surface area contributed by atoms with Crippen molar-refractivity contribution >= 4 is 0 Å². The molecule has 4 atom stereocenters. The van der Waals surface area contributed by atoms with E-state index in [0.717, 1.165) is 16.2 Å². The Morgan fingerprint density at radius 2 is 1.92 bits per heavy atom. The number of aromatic amines is 1. The summed E-state index contributed by atoms with van der Waals surface area (Å²) in [7, 11) is 0. The Hall–Kier alpha value is -2.86. The van der Waals surface area contributed by atoms with Crippen LogP contribution in [0.2, 0.25) is 0 Å². The van der Waals surface area contributed by atoms with E-state index in [-0.39, 0.29) is 6.61 Å². The predicted molar refractivity (Wildman–Crippen MR) is 86.5 cm³/mol. The van der Waals surface area contributed by atoms with Gasteiger partial charge in [0.1, 0.15) is 31.0 Å². The molecule has 0 saturated carbocycles. The van der Waals surface area contributed by atoms with Gasteiger partial charge < -0.3 is 19.7 Å². The number of nitrogens with zero attached hydrogens (tertiary/aromatic N) is 1. The first kappa shape index (κ1) is 17.0. The van der Waals surface area contributed by atoms with Gasteiger partial charge in [-0.2, -0.15) is 0 Å². The van der Waals surface area contributed by atoms with Gasteiger partial charge >= 0.3 is 5.69 Å². The molecule has 0 unspecified atom stereocenters. The highest BCUT2D eigenvalue weighted by atomic mass is 16.6. The minimum Gasteiger partial charge on any atom is -0.443 e. The maximum absolute atomic E-state index is 11.8. The van der Waals surface area contributed by atoms with Gasteiger partial charge in [-0.1, -0.05) is 18.2 Å². The molecule has 0 spiro atoms. The van der Waals surface area contributed by atoms with E-state index in [1.807, 2.05) is 30.3 Å². The van der Waals surface area contributed by atoms with Crippen LogP contribution in [0.1, 0.15) is 11.8 Å². The summed E-state index contributed by atoms with van der Waals surface area (Å²) in [6.45, 7) is -0.0906. The van der Waals surface area contributed by atoms with Crippen molar-refractivity contribution in [2.24, 2.45) is 0 Å². The molecule has 1 aromatic carbocycles. The molecule has 3 rings (SSSR count). The van der Waals surface area contributed by atoms with Gasteiger partial charge in [-0.05, 0) is 18.1 Å². The van der Waals surface area contributed by atoms with Crippen molar-refractivity contribution < 1.29 is 19.7 Å². The minimum absolute atomic E-state index is 0.0906. The topological polar surface area (TPSA) is 114 Å². The summed E-state index contributed by atoms with van der Waals surface area (Å²) in [6.07, 6.45) is -0.917. The fourth-order valence-electron chi connectivity index (χ4n) is 2.46. The van der Waals surface area contributed by atoms with Crippen LogP contribution in [-0.2, 0) is 9.47 Å². The molecule has 3 N–H and O–H groups in total. The number of H-pyrrole nitrogens is 1. The normalized spacial score (nSPS) is 25.2. The second kappa shape index (κ2) is 7.36. The van der Waals surface area contributed by atoms with Gasteiger partial charge in [-0.15, -0.1) is 0 Å². The van der Waals surface area contributed by atoms with Crippen molar-refractivity contribution in [1.29, 1.82) is 0 Å². The first-order valence-electron chi connectivity index (χ1n) is 7.57. The zero-order valence-electron chi connectivity index (χ0n) is 13.0. The quantitative estimate of drug-likeness (QED) is 0.627. The van der Waals surface area contributed by atoms with Crippen LogP contribution in [0.15, 0.2) is 52.2 Å². The zero-order chi connectivity index (χ0) is 17.8. The number of ether oxygens (including phenoxy) is 2. The molecule has 130 valence electrons. The van der Waals surface area contributed by atoms with E-state index in [1.54, 1.807) is 0 Å². The molecule has 8 heteroatoms. The highest BCUT2D eigenvalue weighted by molar-refractivity contribution is 5.32. The van der Waals surface area contributed by atoms with Crippen LogP contribution in [0, 0.1) is 12.0 Å². The fraction of sp³-hybridized carbons (Fsp3) is 0.294. The van der Waals surface area contributed by atoms with Gasteiger partial charge in [0.25, 0.3) is 5.56 Å². The van der Waals surface area contributed by atoms with Crippen molar-refractivity contribution in [1.82, 2.24) is 9.55 Å². The van der Waals surface area contributed by atoms with Crippen molar-refractivity contribution in [2.75, 3.05) is 6.61 Å². The van der Waals surface area contributed by atoms with Crippen LogP contribution in [0.4, 0.5) is 0 Å². The second-order valence-corrected chi connectivity index (χ2v) is 5.47. The summed E-state index contributed by atoms with van der Waals surface area (Å²) in [6, 6.07) is 10.3. The highest BCUT2D eigenvalue weighted by Crippen LogP contribution is 2.28. The van der Waals surface area contributed by atoms with Crippen LogP contribution >= 0.6 is 0 Å². The van der Waals surface area contributed by atoms with Crippen LogP contribution in [-0.4, -0.2) is 44.7 Å². The highest BCUT2D eigenvalue weighted by Gasteiger charge is 2.44. The Labute approximate surface area is 142 Å². The predicted octanol–water partition coefficient (Wildman–Crippen LogP) is -0.818. The smallest absolute Gasteiger partial charge is 0.330 e. The molecular formula is C17H16N2O6. The number of hydrogen-bond acceptors (Lipinski definition) is 6. The molecular weight excluding hydrogens is 328 g/mol. The number of aliphatic hydroxyl groups is 2. The molecule has 1 saturated heterocycles. The van der Waals surface area contributed by atoms with Crippen LogP contribution in [0.5, 0.6) is 0 Å². The maximum Gasteiger partial charge on any atom is 0.330 e. The van der Waals surface area contributed by atoms with E-state index < -0.39 is 35.8 Å². The number of benzene rings is 1. The Morgan fingerprint density at radius 3 is 2.64 bits per heavy atom. The summed E-state index contributed by atoms with van der Waals surface area (Å²) >= 11 is 0. The lowest BCUT2D eigenvalue weighted by Crippen LogP contribution is -2.37.